The van der Waals surface area contributed by atoms with Crippen molar-refractivity contribution < 1.29 is 22.7 Å². The monoisotopic (exact) mass is 455 g/mol. The molecule has 0 aliphatic rings. The van der Waals surface area contributed by atoms with Gasteiger partial charge in [-0.25, -0.2) is 9.67 Å². The summed E-state index contributed by atoms with van der Waals surface area (Å²) in [6.07, 6.45) is 0.128. The van der Waals surface area contributed by atoms with Gasteiger partial charge in [-0.15, -0.1) is 0 Å². The molecule has 0 aliphatic carbocycles. The van der Waals surface area contributed by atoms with Crippen molar-refractivity contribution in [3.8, 4) is 11.4 Å². The van der Waals surface area contributed by atoms with E-state index in [2.05, 4.69) is 15.4 Å². The number of methoxy groups -OCH3 is 1. The smallest absolute Gasteiger partial charge is 0.435 e. The van der Waals surface area contributed by atoms with Crippen molar-refractivity contribution in [1.82, 2.24) is 24.6 Å². The van der Waals surface area contributed by atoms with E-state index in [1.165, 1.54) is 30.5 Å². The fourth-order valence-electron chi connectivity index (χ4n) is 3.35. The first-order chi connectivity index (χ1) is 15.8. The van der Waals surface area contributed by atoms with Gasteiger partial charge in [0.25, 0.3) is 5.91 Å². The Morgan fingerprint density at radius 2 is 1.73 bits per heavy atom. The quantitative estimate of drug-likeness (QED) is 0.474. The molecule has 10 heteroatoms. The van der Waals surface area contributed by atoms with Crippen molar-refractivity contribution >= 4 is 5.91 Å². The fraction of sp³-hybridized carbons (Fsp3) is 0.174. The van der Waals surface area contributed by atoms with Gasteiger partial charge in [-0.1, -0.05) is 12.1 Å². The summed E-state index contributed by atoms with van der Waals surface area (Å²) in [4.78, 5) is 17.4. The molecule has 0 radical (unpaired) electrons. The molecule has 2 heterocycles. The highest BCUT2D eigenvalue weighted by atomic mass is 19.4. The number of nitrogens with one attached hydrogen (secondary N) is 1. The summed E-state index contributed by atoms with van der Waals surface area (Å²) < 4.78 is 46.5. The van der Waals surface area contributed by atoms with E-state index < -0.39 is 17.9 Å². The first-order valence-electron chi connectivity index (χ1n) is 9.91. The zero-order valence-corrected chi connectivity index (χ0v) is 17.7. The number of imidazole rings is 1. The molecule has 7 nitrogen and oxygen atoms in total. The Bertz CT molecular complexity index is 1240. The van der Waals surface area contributed by atoms with Crippen molar-refractivity contribution in [1.29, 1.82) is 0 Å². The zero-order valence-electron chi connectivity index (χ0n) is 17.7. The summed E-state index contributed by atoms with van der Waals surface area (Å²) in [6, 6.07) is 13.8. The third-order valence-corrected chi connectivity index (χ3v) is 5.11. The van der Waals surface area contributed by atoms with Crippen LogP contribution in [0, 0.1) is 0 Å². The molecule has 1 N–H and O–H groups in total. The Labute approximate surface area is 187 Å². The normalized spacial score (nSPS) is 12.4. The van der Waals surface area contributed by atoms with Crippen LogP contribution in [-0.4, -0.2) is 32.3 Å². The minimum atomic E-state index is -4.52. The topological polar surface area (TPSA) is 74.0 Å². The van der Waals surface area contributed by atoms with Gasteiger partial charge in [0.2, 0.25) is 0 Å². The van der Waals surface area contributed by atoms with Crippen molar-refractivity contribution in [2.24, 2.45) is 7.05 Å². The molecule has 0 fully saturated rings. The highest BCUT2D eigenvalue weighted by molar-refractivity contribution is 5.94. The van der Waals surface area contributed by atoms with Crippen LogP contribution < -0.4 is 10.1 Å². The number of aryl methyl sites for hydroxylation is 1. The average Bonchev–Trinajstić information content (AvgIpc) is 3.47. The number of hydrogen-bond acceptors (Lipinski definition) is 4. The standard InChI is InChI=1S/C23H20F3N5O2/c1-30-14-12-27-21(30)20(15-5-9-18(33-2)10-6-15)28-22(32)16-3-7-17(8-4-16)31-13-11-19(29-31)23(24,25)26/h3-14,20H,1-2H3,(H,28,32). The largest absolute Gasteiger partial charge is 0.497 e. The molecule has 0 saturated heterocycles. The summed E-state index contributed by atoms with van der Waals surface area (Å²) in [5, 5.41) is 6.52. The van der Waals surface area contributed by atoms with E-state index in [1.54, 1.807) is 31.6 Å². The molecule has 0 spiro atoms. The molecule has 0 aliphatic heterocycles. The SMILES string of the molecule is COc1ccc(C(NC(=O)c2ccc(-n3ccc(C(F)(F)F)n3)cc2)c2nccn2C)cc1. The van der Waals surface area contributed by atoms with E-state index >= 15 is 0 Å². The van der Waals surface area contributed by atoms with Crippen LogP contribution in [0.5, 0.6) is 5.75 Å². The molecule has 4 aromatic rings. The number of halogens is 3. The minimum absolute atomic E-state index is 0.342. The lowest BCUT2D eigenvalue weighted by Gasteiger charge is -2.19. The Hall–Kier alpha value is -4.08. The zero-order chi connectivity index (χ0) is 23.6. The maximum atomic E-state index is 13.0. The van der Waals surface area contributed by atoms with E-state index in [-0.39, 0.29) is 5.91 Å². The third-order valence-electron chi connectivity index (χ3n) is 5.11. The second-order valence-electron chi connectivity index (χ2n) is 7.27. The molecule has 2 aromatic heterocycles. The first-order valence-corrected chi connectivity index (χ1v) is 9.91. The first kappa shape index (κ1) is 22.1. The van der Waals surface area contributed by atoms with Gasteiger partial charge in [0.15, 0.2) is 5.69 Å². The second-order valence-corrected chi connectivity index (χ2v) is 7.27. The van der Waals surface area contributed by atoms with Crippen molar-refractivity contribution in [2.75, 3.05) is 7.11 Å². The number of rotatable bonds is 6. The van der Waals surface area contributed by atoms with Gasteiger partial charge in [0.05, 0.1) is 12.8 Å². The number of carbonyl (C=O) groups excluding carboxylic acids is 1. The van der Waals surface area contributed by atoms with Gasteiger partial charge in [0, 0.05) is 31.2 Å². The molecule has 4 rings (SSSR count). The highest BCUT2D eigenvalue weighted by Crippen LogP contribution is 2.28. The molecule has 33 heavy (non-hydrogen) atoms. The predicted octanol–water partition coefficient (Wildman–Crippen LogP) is 4.15. The Morgan fingerprint density at radius 1 is 1.03 bits per heavy atom. The number of alkyl halides is 3. The van der Waals surface area contributed by atoms with Gasteiger partial charge in [-0.2, -0.15) is 18.3 Å². The number of aromatic nitrogens is 4. The molecule has 170 valence electrons. The molecule has 0 saturated carbocycles. The van der Waals surface area contributed by atoms with Crippen LogP contribution in [0.2, 0.25) is 0 Å². The number of amides is 1. The van der Waals surface area contributed by atoms with Crippen molar-refractivity contribution in [3.05, 3.63) is 95.8 Å². The Balaban J connectivity index is 1.56. The maximum Gasteiger partial charge on any atom is 0.435 e. The van der Waals surface area contributed by atoms with Crippen LogP contribution >= 0.6 is 0 Å². The molecular weight excluding hydrogens is 435 g/mol. The number of carbonyl (C=O) groups is 1. The van der Waals surface area contributed by atoms with Crippen LogP contribution in [0.15, 0.2) is 73.2 Å². The number of hydrogen-bond donors (Lipinski definition) is 1. The highest BCUT2D eigenvalue weighted by Gasteiger charge is 2.33. The van der Waals surface area contributed by atoms with Crippen LogP contribution in [0.25, 0.3) is 5.69 Å². The minimum Gasteiger partial charge on any atom is -0.497 e. The van der Waals surface area contributed by atoms with Gasteiger partial charge in [0.1, 0.15) is 17.6 Å². The molecule has 1 unspecified atom stereocenters. The predicted molar refractivity (Wildman–Crippen MR) is 114 cm³/mol. The number of nitrogens with zero attached hydrogens (tertiary/aromatic N) is 4. The average molecular weight is 455 g/mol. The second kappa shape index (κ2) is 8.81. The van der Waals surface area contributed by atoms with Crippen LogP contribution in [0.3, 0.4) is 0 Å². The summed E-state index contributed by atoms with van der Waals surface area (Å²) in [7, 11) is 3.41. The van der Waals surface area contributed by atoms with Crippen molar-refractivity contribution in [3.63, 3.8) is 0 Å². The van der Waals surface area contributed by atoms with Crippen LogP contribution in [-0.2, 0) is 13.2 Å². The summed E-state index contributed by atoms with van der Waals surface area (Å²) >= 11 is 0. The summed E-state index contributed by atoms with van der Waals surface area (Å²) in [5.41, 5.74) is 0.570. The molecular formula is C23H20F3N5O2. The Morgan fingerprint density at radius 3 is 2.27 bits per heavy atom. The van der Waals surface area contributed by atoms with E-state index in [4.69, 9.17) is 4.74 Å². The summed E-state index contributed by atoms with van der Waals surface area (Å²) in [5.74, 6) is 0.967. The lowest BCUT2D eigenvalue weighted by Crippen LogP contribution is -2.31. The number of ether oxygens (including phenoxy) is 1. The van der Waals surface area contributed by atoms with Crippen LogP contribution in [0.1, 0.15) is 33.5 Å². The van der Waals surface area contributed by atoms with Crippen molar-refractivity contribution in [2.45, 2.75) is 12.2 Å². The van der Waals surface area contributed by atoms with Gasteiger partial charge < -0.3 is 14.6 Å². The Kier molecular flexibility index (Phi) is 5.91. The molecule has 1 amide bonds. The molecule has 0 bridgehead atoms. The van der Waals surface area contributed by atoms with E-state index in [0.717, 1.165) is 16.3 Å². The van der Waals surface area contributed by atoms with E-state index in [1.807, 2.05) is 23.7 Å². The van der Waals surface area contributed by atoms with E-state index in [0.29, 0.717) is 22.8 Å². The van der Waals surface area contributed by atoms with Gasteiger partial charge >= 0.3 is 6.18 Å². The lowest BCUT2D eigenvalue weighted by atomic mass is 10.0. The summed E-state index contributed by atoms with van der Waals surface area (Å²) in [6.45, 7) is 0. The molecule has 1 atom stereocenters. The lowest BCUT2D eigenvalue weighted by molar-refractivity contribution is -0.141. The number of benzene rings is 2. The molecule has 2 aromatic carbocycles. The van der Waals surface area contributed by atoms with E-state index in [9.17, 15) is 18.0 Å². The third kappa shape index (κ3) is 4.74. The fourth-order valence-corrected chi connectivity index (χ4v) is 3.35. The van der Waals surface area contributed by atoms with Gasteiger partial charge in [-0.05, 0) is 48.0 Å². The van der Waals surface area contributed by atoms with Gasteiger partial charge in [-0.3, -0.25) is 4.79 Å². The van der Waals surface area contributed by atoms with Crippen LogP contribution in [0.4, 0.5) is 13.2 Å². The maximum absolute atomic E-state index is 13.0.